The normalized spacial score (nSPS) is 11.2. The number of hydrogen-bond acceptors (Lipinski definition) is 5. The van der Waals surface area contributed by atoms with Crippen molar-refractivity contribution in [3.8, 4) is 0 Å². The van der Waals surface area contributed by atoms with Gasteiger partial charge >= 0.3 is 0 Å². The molecule has 160 valence electrons. The van der Waals surface area contributed by atoms with Crippen LogP contribution in [0.25, 0.3) is 0 Å². The second-order valence-electron chi connectivity index (χ2n) is 7.40. The summed E-state index contributed by atoms with van der Waals surface area (Å²) in [5, 5.41) is 5.56. The molecule has 2 N–H and O–H groups in total. The SMILES string of the molecule is CC(C)CCOCCC(=O)NCCOCCNC(=O)CCOCCC(C)C. The average Bonchev–Trinajstić information content (AvgIpc) is 2.59. The maximum absolute atomic E-state index is 11.6. The van der Waals surface area contributed by atoms with E-state index in [4.69, 9.17) is 14.2 Å². The van der Waals surface area contributed by atoms with E-state index in [0.717, 1.165) is 12.8 Å². The van der Waals surface area contributed by atoms with Crippen LogP contribution in [0.3, 0.4) is 0 Å². The predicted molar refractivity (Wildman–Crippen MR) is 107 cm³/mol. The number of carbonyl (C=O) groups is 2. The van der Waals surface area contributed by atoms with Crippen molar-refractivity contribution in [2.45, 2.75) is 53.4 Å². The predicted octanol–water partition coefficient (Wildman–Crippen LogP) is 2.14. The average molecular weight is 389 g/mol. The van der Waals surface area contributed by atoms with Crippen LogP contribution in [0.4, 0.5) is 0 Å². The van der Waals surface area contributed by atoms with Gasteiger partial charge in [0.2, 0.25) is 11.8 Å². The van der Waals surface area contributed by atoms with E-state index in [1.165, 1.54) is 0 Å². The standard InChI is InChI=1S/C20H40N2O5/c1-17(2)5-11-25-13-7-19(23)21-9-15-27-16-10-22-20(24)8-14-26-12-6-18(3)4/h17-18H,5-16H2,1-4H3,(H,21,23)(H,22,24). The maximum Gasteiger partial charge on any atom is 0.222 e. The molecule has 0 rings (SSSR count). The molecule has 0 aliphatic heterocycles. The third-order valence-corrected chi connectivity index (χ3v) is 3.76. The fourth-order valence-electron chi connectivity index (χ4n) is 1.98. The molecule has 0 saturated heterocycles. The number of carbonyl (C=O) groups excluding carboxylic acids is 2. The van der Waals surface area contributed by atoms with Gasteiger partial charge in [-0.15, -0.1) is 0 Å². The summed E-state index contributed by atoms with van der Waals surface area (Å²) >= 11 is 0. The van der Waals surface area contributed by atoms with Gasteiger partial charge in [-0.3, -0.25) is 9.59 Å². The van der Waals surface area contributed by atoms with Crippen molar-refractivity contribution in [1.29, 1.82) is 0 Å². The van der Waals surface area contributed by atoms with Gasteiger partial charge in [0.15, 0.2) is 0 Å². The molecule has 0 saturated carbocycles. The third-order valence-electron chi connectivity index (χ3n) is 3.76. The fourth-order valence-corrected chi connectivity index (χ4v) is 1.98. The first-order valence-electron chi connectivity index (χ1n) is 10.2. The van der Waals surface area contributed by atoms with Crippen LogP contribution >= 0.6 is 0 Å². The molecule has 0 aromatic carbocycles. The summed E-state index contributed by atoms with van der Waals surface area (Å²) in [5.41, 5.74) is 0. The molecule has 0 radical (unpaired) electrons. The molecular weight excluding hydrogens is 348 g/mol. The molecule has 0 aromatic heterocycles. The highest BCUT2D eigenvalue weighted by Crippen LogP contribution is 1.99. The van der Waals surface area contributed by atoms with Crippen molar-refractivity contribution in [3.63, 3.8) is 0 Å². The molecule has 0 heterocycles. The summed E-state index contributed by atoms with van der Waals surface area (Å²) in [5.74, 6) is 1.16. The van der Waals surface area contributed by atoms with E-state index in [-0.39, 0.29) is 11.8 Å². The van der Waals surface area contributed by atoms with E-state index >= 15 is 0 Å². The van der Waals surface area contributed by atoms with Crippen LogP contribution in [-0.2, 0) is 23.8 Å². The molecule has 0 unspecified atom stereocenters. The molecule has 2 amide bonds. The minimum atomic E-state index is -0.0334. The van der Waals surface area contributed by atoms with E-state index in [1.54, 1.807) is 0 Å². The van der Waals surface area contributed by atoms with Gasteiger partial charge in [-0.2, -0.15) is 0 Å². The van der Waals surface area contributed by atoms with Gasteiger partial charge in [0.1, 0.15) is 0 Å². The second kappa shape index (κ2) is 18.2. The summed E-state index contributed by atoms with van der Waals surface area (Å²) < 4.78 is 16.2. The molecule has 0 aliphatic rings. The summed E-state index contributed by atoms with van der Waals surface area (Å²) in [6, 6.07) is 0. The van der Waals surface area contributed by atoms with Gasteiger partial charge in [0.05, 0.1) is 26.4 Å². The zero-order valence-electron chi connectivity index (χ0n) is 17.7. The first-order chi connectivity index (χ1) is 12.9. The highest BCUT2D eigenvalue weighted by atomic mass is 16.5. The Morgan fingerprint density at radius 3 is 1.37 bits per heavy atom. The Kier molecular flexibility index (Phi) is 17.4. The van der Waals surface area contributed by atoms with Crippen LogP contribution in [0.5, 0.6) is 0 Å². The number of hydrogen-bond donors (Lipinski definition) is 2. The smallest absolute Gasteiger partial charge is 0.222 e. The Labute approximate surface area is 164 Å². The molecule has 0 aromatic rings. The Bertz CT molecular complexity index is 341. The molecule has 7 nitrogen and oxygen atoms in total. The summed E-state index contributed by atoms with van der Waals surface area (Å²) in [7, 11) is 0. The van der Waals surface area contributed by atoms with E-state index in [9.17, 15) is 9.59 Å². The molecule has 7 heteroatoms. The summed E-state index contributed by atoms with van der Waals surface area (Å²) in [6.07, 6.45) is 2.76. The van der Waals surface area contributed by atoms with Crippen molar-refractivity contribution in [1.82, 2.24) is 10.6 Å². The van der Waals surface area contributed by atoms with Gasteiger partial charge in [-0.25, -0.2) is 0 Å². The Morgan fingerprint density at radius 2 is 1.00 bits per heavy atom. The van der Waals surface area contributed by atoms with Crippen molar-refractivity contribution in [3.05, 3.63) is 0 Å². The fraction of sp³-hybridized carbons (Fsp3) is 0.900. The number of ether oxygens (including phenoxy) is 3. The molecule has 0 aliphatic carbocycles. The largest absolute Gasteiger partial charge is 0.381 e. The first-order valence-corrected chi connectivity index (χ1v) is 10.2. The van der Waals surface area contributed by atoms with E-state index in [2.05, 4.69) is 38.3 Å². The minimum absolute atomic E-state index is 0.0334. The third kappa shape index (κ3) is 21.0. The van der Waals surface area contributed by atoms with Gasteiger partial charge in [0.25, 0.3) is 0 Å². The van der Waals surface area contributed by atoms with Gasteiger partial charge < -0.3 is 24.8 Å². The summed E-state index contributed by atoms with van der Waals surface area (Å²) in [6.45, 7) is 12.6. The van der Waals surface area contributed by atoms with E-state index < -0.39 is 0 Å². The van der Waals surface area contributed by atoms with Crippen LogP contribution in [0.1, 0.15) is 53.4 Å². The second-order valence-corrected chi connectivity index (χ2v) is 7.40. The van der Waals surface area contributed by atoms with Crippen molar-refractivity contribution >= 4 is 11.8 Å². The number of amides is 2. The lowest BCUT2D eigenvalue weighted by Gasteiger charge is -2.09. The van der Waals surface area contributed by atoms with Gasteiger partial charge in [-0.1, -0.05) is 27.7 Å². The van der Waals surface area contributed by atoms with Crippen LogP contribution in [0, 0.1) is 11.8 Å². The molecular formula is C20H40N2O5. The van der Waals surface area contributed by atoms with Crippen LogP contribution in [-0.4, -0.2) is 64.5 Å². The van der Waals surface area contributed by atoms with Gasteiger partial charge in [0, 0.05) is 39.1 Å². The zero-order valence-corrected chi connectivity index (χ0v) is 17.7. The number of nitrogens with one attached hydrogen (secondary N) is 2. The van der Waals surface area contributed by atoms with Crippen LogP contribution in [0.2, 0.25) is 0 Å². The van der Waals surface area contributed by atoms with E-state index in [1.807, 2.05) is 0 Å². The lowest BCUT2D eigenvalue weighted by atomic mass is 10.1. The van der Waals surface area contributed by atoms with Crippen LogP contribution in [0.15, 0.2) is 0 Å². The van der Waals surface area contributed by atoms with Crippen molar-refractivity contribution in [2.24, 2.45) is 11.8 Å². The maximum atomic E-state index is 11.6. The molecule has 0 bridgehead atoms. The molecule has 27 heavy (non-hydrogen) atoms. The Balaban J connectivity index is 3.31. The quantitative estimate of drug-likeness (QED) is 0.351. The highest BCUT2D eigenvalue weighted by Gasteiger charge is 2.03. The molecule has 0 fully saturated rings. The van der Waals surface area contributed by atoms with Crippen molar-refractivity contribution in [2.75, 3.05) is 52.7 Å². The zero-order chi connectivity index (χ0) is 20.3. The summed E-state index contributed by atoms with van der Waals surface area (Å²) in [4.78, 5) is 23.2. The Morgan fingerprint density at radius 1 is 0.630 bits per heavy atom. The minimum Gasteiger partial charge on any atom is -0.381 e. The topological polar surface area (TPSA) is 85.9 Å². The lowest BCUT2D eigenvalue weighted by molar-refractivity contribution is -0.122. The number of rotatable bonds is 18. The van der Waals surface area contributed by atoms with E-state index in [0.29, 0.717) is 77.4 Å². The van der Waals surface area contributed by atoms with Crippen molar-refractivity contribution < 1.29 is 23.8 Å². The molecule has 0 spiro atoms. The highest BCUT2D eigenvalue weighted by molar-refractivity contribution is 5.76. The van der Waals surface area contributed by atoms with Gasteiger partial charge in [-0.05, 0) is 24.7 Å². The van der Waals surface area contributed by atoms with Crippen LogP contribution < -0.4 is 10.6 Å². The Hall–Kier alpha value is -1.18. The lowest BCUT2D eigenvalue weighted by Crippen LogP contribution is -2.31. The monoisotopic (exact) mass is 388 g/mol. The molecule has 0 atom stereocenters. The first kappa shape index (κ1) is 25.8.